The van der Waals surface area contributed by atoms with Gasteiger partial charge in [-0.2, -0.15) is 13.2 Å². The van der Waals surface area contributed by atoms with Crippen LogP contribution in [0.2, 0.25) is 0 Å². The van der Waals surface area contributed by atoms with Crippen molar-refractivity contribution in [3.8, 4) is 0 Å². The van der Waals surface area contributed by atoms with E-state index in [1.807, 2.05) is 0 Å². The minimum atomic E-state index is -4.42. The molecule has 0 aromatic heterocycles. The van der Waals surface area contributed by atoms with Crippen LogP contribution in [0.1, 0.15) is 31.9 Å². The standard InChI is InChI=1S/C14H19F3O3/c1-4-18-14(19-5-2,20-6-3)12-9-7-8-11(10-12)13(15,16)17/h7-10H,4-6H2,1-3H3. The summed E-state index contributed by atoms with van der Waals surface area (Å²) in [7, 11) is 0. The van der Waals surface area contributed by atoms with Gasteiger partial charge in [-0.15, -0.1) is 0 Å². The molecule has 20 heavy (non-hydrogen) atoms. The molecule has 0 bridgehead atoms. The highest BCUT2D eigenvalue weighted by Crippen LogP contribution is 2.34. The van der Waals surface area contributed by atoms with Gasteiger partial charge in [0.05, 0.1) is 5.56 Å². The van der Waals surface area contributed by atoms with Gasteiger partial charge < -0.3 is 14.2 Å². The predicted octanol–water partition coefficient (Wildman–Crippen LogP) is 3.93. The second-order valence-electron chi connectivity index (χ2n) is 3.93. The maximum absolute atomic E-state index is 12.8. The zero-order chi connectivity index (χ0) is 15.2. The molecule has 0 saturated carbocycles. The summed E-state index contributed by atoms with van der Waals surface area (Å²) in [5.41, 5.74) is -0.573. The summed E-state index contributed by atoms with van der Waals surface area (Å²) >= 11 is 0. The van der Waals surface area contributed by atoms with E-state index in [4.69, 9.17) is 14.2 Å². The lowest BCUT2D eigenvalue weighted by Crippen LogP contribution is -2.37. The number of ether oxygens (including phenoxy) is 3. The molecule has 1 rings (SSSR count). The van der Waals surface area contributed by atoms with Crippen LogP contribution in [0.4, 0.5) is 13.2 Å². The van der Waals surface area contributed by atoms with Crippen LogP contribution in [0.15, 0.2) is 24.3 Å². The van der Waals surface area contributed by atoms with Gasteiger partial charge in [0, 0.05) is 25.4 Å². The lowest BCUT2D eigenvalue weighted by molar-refractivity contribution is -0.389. The van der Waals surface area contributed by atoms with Gasteiger partial charge in [0.15, 0.2) is 0 Å². The SMILES string of the molecule is CCOC(OCC)(OCC)c1cccc(C(F)(F)F)c1. The Bertz CT molecular complexity index is 401. The number of alkyl halides is 3. The molecule has 0 fully saturated rings. The van der Waals surface area contributed by atoms with Crippen molar-refractivity contribution in [2.24, 2.45) is 0 Å². The van der Waals surface area contributed by atoms with E-state index in [-0.39, 0.29) is 25.4 Å². The third-order valence-corrected chi connectivity index (χ3v) is 2.55. The predicted molar refractivity (Wildman–Crippen MR) is 68.0 cm³/mol. The molecule has 0 atom stereocenters. The van der Waals surface area contributed by atoms with Crippen LogP contribution >= 0.6 is 0 Å². The smallest absolute Gasteiger partial charge is 0.324 e. The highest BCUT2D eigenvalue weighted by Gasteiger charge is 2.38. The maximum atomic E-state index is 12.8. The molecule has 0 radical (unpaired) electrons. The molecule has 0 saturated heterocycles. The largest absolute Gasteiger partial charge is 0.416 e. The van der Waals surface area contributed by atoms with Crippen LogP contribution in [-0.4, -0.2) is 19.8 Å². The summed E-state index contributed by atoms with van der Waals surface area (Å²) in [5, 5.41) is 0. The molecule has 3 nitrogen and oxygen atoms in total. The van der Waals surface area contributed by atoms with Crippen molar-refractivity contribution in [3.05, 3.63) is 35.4 Å². The Morgan fingerprint density at radius 3 is 1.70 bits per heavy atom. The van der Waals surface area contributed by atoms with Crippen molar-refractivity contribution < 1.29 is 27.4 Å². The lowest BCUT2D eigenvalue weighted by atomic mass is 10.1. The summed E-state index contributed by atoms with van der Waals surface area (Å²) in [4.78, 5) is 0. The minimum absolute atomic E-state index is 0.192. The number of hydrogen-bond donors (Lipinski definition) is 0. The number of benzene rings is 1. The first kappa shape index (κ1) is 16.9. The Balaban J connectivity index is 3.25. The number of hydrogen-bond acceptors (Lipinski definition) is 3. The van der Waals surface area contributed by atoms with E-state index in [9.17, 15) is 13.2 Å². The minimum Gasteiger partial charge on any atom is -0.324 e. The van der Waals surface area contributed by atoms with E-state index in [0.717, 1.165) is 12.1 Å². The van der Waals surface area contributed by atoms with Gasteiger partial charge in [-0.05, 0) is 32.9 Å². The summed E-state index contributed by atoms with van der Waals surface area (Å²) in [6, 6.07) is 4.79. The highest BCUT2D eigenvalue weighted by atomic mass is 19.4. The molecule has 0 aliphatic rings. The molecular weight excluding hydrogens is 273 g/mol. The van der Waals surface area contributed by atoms with Crippen molar-refractivity contribution in [2.45, 2.75) is 32.9 Å². The van der Waals surface area contributed by atoms with Gasteiger partial charge in [0.2, 0.25) is 0 Å². The van der Waals surface area contributed by atoms with E-state index in [0.29, 0.717) is 0 Å². The molecule has 0 heterocycles. The summed E-state index contributed by atoms with van der Waals surface area (Å²) < 4.78 is 54.7. The second-order valence-corrected chi connectivity index (χ2v) is 3.93. The topological polar surface area (TPSA) is 27.7 Å². The fourth-order valence-corrected chi connectivity index (χ4v) is 1.83. The number of rotatable bonds is 7. The molecule has 0 aliphatic heterocycles. The third-order valence-electron chi connectivity index (χ3n) is 2.55. The first-order valence-electron chi connectivity index (χ1n) is 6.49. The van der Waals surface area contributed by atoms with Gasteiger partial charge in [0.1, 0.15) is 0 Å². The fraction of sp³-hybridized carbons (Fsp3) is 0.571. The van der Waals surface area contributed by atoms with Crippen molar-refractivity contribution in [1.29, 1.82) is 0 Å². The van der Waals surface area contributed by atoms with Crippen molar-refractivity contribution in [1.82, 2.24) is 0 Å². The van der Waals surface area contributed by atoms with Crippen molar-refractivity contribution >= 4 is 0 Å². The van der Waals surface area contributed by atoms with E-state index in [1.54, 1.807) is 20.8 Å². The quantitative estimate of drug-likeness (QED) is 0.713. The summed E-state index contributed by atoms with van der Waals surface area (Å²) in [5.74, 6) is -1.60. The molecule has 0 amide bonds. The molecule has 0 N–H and O–H groups in total. The first-order valence-corrected chi connectivity index (χ1v) is 6.49. The Hall–Kier alpha value is -1.11. The Labute approximate surface area is 116 Å². The maximum Gasteiger partial charge on any atom is 0.416 e. The average Bonchev–Trinajstić information content (AvgIpc) is 2.39. The Morgan fingerprint density at radius 2 is 1.30 bits per heavy atom. The molecule has 1 aromatic carbocycles. The van der Waals surface area contributed by atoms with Gasteiger partial charge in [-0.3, -0.25) is 0 Å². The lowest BCUT2D eigenvalue weighted by Gasteiger charge is -2.32. The first-order chi connectivity index (χ1) is 9.39. The van der Waals surface area contributed by atoms with Crippen LogP contribution in [-0.2, 0) is 26.4 Å². The highest BCUT2D eigenvalue weighted by molar-refractivity contribution is 5.28. The Morgan fingerprint density at radius 1 is 0.850 bits per heavy atom. The van der Waals surface area contributed by atoms with Crippen LogP contribution in [0.25, 0.3) is 0 Å². The van der Waals surface area contributed by atoms with Crippen LogP contribution in [0.3, 0.4) is 0 Å². The number of halogens is 3. The van der Waals surface area contributed by atoms with Crippen LogP contribution in [0, 0.1) is 0 Å². The molecule has 0 aliphatic carbocycles. The van der Waals surface area contributed by atoms with E-state index in [2.05, 4.69) is 0 Å². The van der Waals surface area contributed by atoms with Gasteiger partial charge in [-0.1, -0.05) is 12.1 Å². The van der Waals surface area contributed by atoms with E-state index >= 15 is 0 Å². The monoisotopic (exact) mass is 292 g/mol. The molecule has 114 valence electrons. The average molecular weight is 292 g/mol. The zero-order valence-corrected chi connectivity index (χ0v) is 11.8. The Kier molecular flexibility index (Phi) is 5.98. The zero-order valence-electron chi connectivity index (χ0n) is 11.8. The molecule has 1 aromatic rings. The van der Waals surface area contributed by atoms with Crippen molar-refractivity contribution in [2.75, 3.05) is 19.8 Å². The van der Waals surface area contributed by atoms with Gasteiger partial charge in [0.25, 0.3) is 0 Å². The molecule has 0 unspecified atom stereocenters. The van der Waals surface area contributed by atoms with Crippen LogP contribution in [0.5, 0.6) is 0 Å². The molecule has 0 spiro atoms. The second kappa shape index (κ2) is 7.06. The van der Waals surface area contributed by atoms with Gasteiger partial charge >= 0.3 is 12.1 Å². The van der Waals surface area contributed by atoms with Crippen molar-refractivity contribution in [3.63, 3.8) is 0 Å². The summed E-state index contributed by atoms with van der Waals surface area (Å²) in [6.07, 6.45) is -4.42. The molecular formula is C14H19F3O3. The van der Waals surface area contributed by atoms with E-state index in [1.165, 1.54) is 12.1 Å². The summed E-state index contributed by atoms with van der Waals surface area (Å²) in [6.45, 7) is 5.91. The van der Waals surface area contributed by atoms with Crippen LogP contribution < -0.4 is 0 Å². The third kappa shape index (κ3) is 3.94. The van der Waals surface area contributed by atoms with Gasteiger partial charge in [-0.25, -0.2) is 0 Å². The van der Waals surface area contributed by atoms with E-state index < -0.39 is 17.7 Å². The molecule has 6 heteroatoms. The normalized spacial score (nSPS) is 12.7. The fourth-order valence-electron chi connectivity index (χ4n) is 1.83.